The molecule has 0 bridgehead atoms. The lowest BCUT2D eigenvalue weighted by molar-refractivity contribution is -0.384. The van der Waals surface area contributed by atoms with Crippen molar-refractivity contribution in [1.82, 2.24) is 15.5 Å². The van der Waals surface area contributed by atoms with E-state index < -0.39 is 4.92 Å². The van der Waals surface area contributed by atoms with Crippen molar-refractivity contribution in [3.63, 3.8) is 0 Å². The Morgan fingerprint density at radius 1 is 1.32 bits per heavy atom. The van der Waals surface area contributed by atoms with Crippen molar-refractivity contribution in [2.75, 3.05) is 39.3 Å². The van der Waals surface area contributed by atoms with E-state index in [9.17, 15) is 14.9 Å². The molecule has 2 N–H and O–H groups in total. The minimum absolute atomic E-state index is 0. The average Bonchev–Trinajstić information content (AvgIpc) is 3.02. The van der Waals surface area contributed by atoms with Crippen molar-refractivity contribution in [1.29, 1.82) is 0 Å². The maximum Gasteiger partial charge on any atom is 0.270 e. The number of nitrogens with one attached hydrogen (secondary N) is 2. The van der Waals surface area contributed by atoms with Crippen molar-refractivity contribution < 1.29 is 9.72 Å². The van der Waals surface area contributed by atoms with Gasteiger partial charge in [0.05, 0.1) is 9.80 Å². The van der Waals surface area contributed by atoms with Crippen LogP contribution in [0.1, 0.15) is 16.1 Å². The van der Waals surface area contributed by atoms with Crippen LogP contribution in [0.15, 0.2) is 24.3 Å². The molecule has 0 saturated carbocycles. The number of carbonyl (C=O) groups excluding carboxylic acids is 1. The van der Waals surface area contributed by atoms with Crippen LogP contribution in [0.3, 0.4) is 0 Å². The number of piperazine rings is 1. The van der Waals surface area contributed by atoms with Crippen molar-refractivity contribution in [2.24, 2.45) is 0 Å². The molecule has 3 rings (SSSR count). The third-order valence-electron chi connectivity index (χ3n) is 4.08. The number of benzene rings is 1. The van der Waals surface area contributed by atoms with E-state index >= 15 is 0 Å². The summed E-state index contributed by atoms with van der Waals surface area (Å²) in [5, 5.41) is 17.8. The maximum atomic E-state index is 12.2. The van der Waals surface area contributed by atoms with Crippen LogP contribution in [0, 0.1) is 10.1 Å². The lowest BCUT2D eigenvalue weighted by atomic mass is 10.2. The number of thiophene rings is 1. The zero-order valence-corrected chi connectivity index (χ0v) is 15.3. The van der Waals surface area contributed by atoms with Gasteiger partial charge in [0.25, 0.3) is 11.6 Å². The van der Waals surface area contributed by atoms with E-state index in [1.54, 1.807) is 12.1 Å². The van der Waals surface area contributed by atoms with Crippen LogP contribution in [0.4, 0.5) is 5.69 Å². The summed E-state index contributed by atoms with van der Waals surface area (Å²) in [6, 6.07) is 6.39. The third kappa shape index (κ3) is 5.12. The summed E-state index contributed by atoms with van der Waals surface area (Å²) in [7, 11) is 0. The van der Waals surface area contributed by atoms with E-state index in [1.807, 2.05) is 0 Å². The molecule has 1 saturated heterocycles. The smallest absolute Gasteiger partial charge is 0.270 e. The normalized spacial score (nSPS) is 14.9. The number of halogens is 1. The second-order valence-corrected chi connectivity index (χ2v) is 6.87. The van der Waals surface area contributed by atoms with Crippen LogP contribution >= 0.6 is 23.7 Å². The van der Waals surface area contributed by atoms with Gasteiger partial charge in [-0.05, 0) is 25.1 Å². The van der Waals surface area contributed by atoms with Crippen molar-refractivity contribution in [3.05, 3.63) is 39.3 Å². The predicted octanol–water partition coefficient (Wildman–Crippen LogP) is 2.26. The fourth-order valence-corrected chi connectivity index (χ4v) is 3.74. The van der Waals surface area contributed by atoms with Crippen LogP contribution in [0.5, 0.6) is 0 Å². The Kier molecular flexibility index (Phi) is 7.12. The lowest BCUT2D eigenvalue weighted by Gasteiger charge is -2.27. The molecule has 1 fully saturated rings. The fraction of sp³-hybridized carbons (Fsp3) is 0.438. The quantitative estimate of drug-likeness (QED) is 0.453. The number of hydrogen-bond acceptors (Lipinski definition) is 6. The van der Waals surface area contributed by atoms with Crippen LogP contribution in [-0.2, 0) is 0 Å². The van der Waals surface area contributed by atoms with Gasteiger partial charge in [-0.1, -0.05) is 0 Å². The fourth-order valence-electron chi connectivity index (χ4n) is 2.78. The van der Waals surface area contributed by atoms with Gasteiger partial charge in [-0.2, -0.15) is 0 Å². The number of nitrogens with zero attached hydrogens (tertiary/aromatic N) is 2. The number of amides is 1. The monoisotopic (exact) mass is 384 g/mol. The molecule has 0 atom stereocenters. The third-order valence-corrected chi connectivity index (χ3v) is 5.20. The van der Waals surface area contributed by atoms with Gasteiger partial charge in [0.1, 0.15) is 0 Å². The van der Waals surface area contributed by atoms with Crippen molar-refractivity contribution >= 4 is 45.4 Å². The Hall–Kier alpha value is -1.74. The van der Waals surface area contributed by atoms with E-state index in [2.05, 4.69) is 15.5 Å². The van der Waals surface area contributed by atoms with Gasteiger partial charge in [0, 0.05) is 54.9 Å². The molecule has 0 radical (unpaired) electrons. The van der Waals surface area contributed by atoms with Crippen LogP contribution in [-0.4, -0.2) is 55.0 Å². The summed E-state index contributed by atoms with van der Waals surface area (Å²) >= 11 is 1.36. The highest BCUT2D eigenvalue weighted by molar-refractivity contribution is 7.20. The first-order valence-electron chi connectivity index (χ1n) is 8.03. The first-order chi connectivity index (χ1) is 11.6. The highest BCUT2D eigenvalue weighted by Gasteiger charge is 2.13. The minimum Gasteiger partial charge on any atom is -0.351 e. The Labute approximate surface area is 155 Å². The Bertz CT molecular complexity index is 746. The summed E-state index contributed by atoms with van der Waals surface area (Å²) in [6.45, 7) is 5.80. The van der Waals surface area contributed by atoms with Gasteiger partial charge in [-0.25, -0.2) is 0 Å². The lowest BCUT2D eigenvalue weighted by Crippen LogP contribution is -2.44. The first kappa shape index (κ1) is 19.6. The molecule has 1 aromatic carbocycles. The zero-order chi connectivity index (χ0) is 16.9. The average molecular weight is 385 g/mol. The number of nitro groups is 1. The van der Waals surface area contributed by atoms with Gasteiger partial charge in [0.15, 0.2) is 0 Å². The van der Waals surface area contributed by atoms with Gasteiger partial charge in [0.2, 0.25) is 0 Å². The first-order valence-corrected chi connectivity index (χ1v) is 8.84. The SMILES string of the molecule is Cl.O=C(NCCCN1CCNCC1)c1cc2cc([N+](=O)[O-])ccc2s1. The molecular formula is C16H21ClN4O3S. The second kappa shape index (κ2) is 9.10. The van der Waals surface area contributed by atoms with Gasteiger partial charge in [-0.15, -0.1) is 23.7 Å². The topological polar surface area (TPSA) is 87.5 Å². The molecule has 0 unspecified atom stereocenters. The van der Waals surface area contributed by atoms with Crippen LogP contribution < -0.4 is 10.6 Å². The molecule has 1 amide bonds. The highest BCUT2D eigenvalue weighted by Crippen LogP contribution is 2.28. The number of rotatable bonds is 6. The molecule has 0 aliphatic carbocycles. The van der Waals surface area contributed by atoms with E-state index in [4.69, 9.17) is 0 Å². The Morgan fingerprint density at radius 3 is 2.80 bits per heavy atom. The van der Waals surface area contributed by atoms with Gasteiger partial charge < -0.3 is 15.5 Å². The molecule has 1 aliphatic heterocycles. The highest BCUT2D eigenvalue weighted by atomic mass is 35.5. The molecule has 2 aromatic rings. The number of fused-ring (bicyclic) bond motifs is 1. The molecule has 25 heavy (non-hydrogen) atoms. The molecule has 7 nitrogen and oxygen atoms in total. The summed E-state index contributed by atoms with van der Waals surface area (Å²) in [5.41, 5.74) is 0.0447. The Balaban J connectivity index is 0.00000225. The standard InChI is InChI=1S/C16H20N4O3S.ClH/c21-16(18-4-1-7-19-8-5-17-6-9-19)15-11-12-10-13(20(22)23)2-3-14(12)24-15;/h2-3,10-11,17H,1,4-9H2,(H,18,21);1H. The molecule has 0 spiro atoms. The van der Waals surface area contributed by atoms with Crippen molar-refractivity contribution in [3.8, 4) is 0 Å². The summed E-state index contributed by atoms with van der Waals surface area (Å²) in [6.07, 6.45) is 0.919. The van der Waals surface area contributed by atoms with Gasteiger partial charge >= 0.3 is 0 Å². The summed E-state index contributed by atoms with van der Waals surface area (Å²) in [4.78, 5) is 25.6. The number of hydrogen-bond donors (Lipinski definition) is 2. The predicted molar refractivity (Wildman–Crippen MR) is 102 cm³/mol. The molecule has 1 aromatic heterocycles. The summed E-state index contributed by atoms with van der Waals surface area (Å²) in [5.74, 6) is -0.112. The number of nitro benzene ring substituents is 1. The molecule has 1 aliphatic rings. The molecular weight excluding hydrogens is 364 g/mol. The van der Waals surface area contributed by atoms with Crippen LogP contribution in [0.25, 0.3) is 10.1 Å². The minimum atomic E-state index is -0.424. The van der Waals surface area contributed by atoms with Crippen LogP contribution in [0.2, 0.25) is 0 Å². The Morgan fingerprint density at radius 2 is 2.08 bits per heavy atom. The van der Waals surface area contributed by atoms with Gasteiger partial charge in [-0.3, -0.25) is 14.9 Å². The van der Waals surface area contributed by atoms with E-state index in [1.165, 1.54) is 23.5 Å². The number of carbonyl (C=O) groups is 1. The summed E-state index contributed by atoms with van der Waals surface area (Å²) < 4.78 is 0.881. The number of non-ortho nitro benzene ring substituents is 1. The second-order valence-electron chi connectivity index (χ2n) is 5.79. The van der Waals surface area contributed by atoms with Crippen molar-refractivity contribution in [2.45, 2.75) is 6.42 Å². The van der Waals surface area contributed by atoms with E-state index in [-0.39, 0.29) is 24.0 Å². The zero-order valence-electron chi connectivity index (χ0n) is 13.7. The molecule has 2 heterocycles. The maximum absolute atomic E-state index is 12.2. The molecule has 9 heteroatoms. The molecule has 136 valence electrons. The largest absolute Gasteiger partial charge is 0.351 e. The van der Waals surface area contributed by atoms with E-state index in [0.717, 1.165) is 49.2 Å². The van der Waals surface area contributed by atoms with E-state index in [0.29, 0.717) is 11.4 Å².